The zero-order chi connectivity index (χ0) is 15.2. The maximum atomic E-state index is 11.8. The number of rotatable bonds is 6. The summed E-state index contributed by atoms with van der Waals surface area (Å²) < 4.78 is 20.4. The first-order valence-corrected chi connectivity index (χ1v) is 6.59. The summed E-state index contributed by atoms with van der Waals surface area (Å²) >= 11 is 6.07. The lowest BCUT2D eigenvalue weighted by Crippen LogP contribution is -2.04. The topological polar surface area (TPSA) is 57.9 Å². The average molecular weight is 311 g/mol. The highest BCUT2D eigenvalue weighted by Crippen LogP contribution is 2.23. The van der Waals surface area contributed by atoms with E-state index in [9.17, 15) is 4.79 Å². The highest BCUT2D eigenvalue weighted by Gasteiger charge is 2.14. The normalized spacial score (nSPS) is 10.4. The van der Waals surface area contributed by atoms with Crippen LogP contribution in [-0.4, -0.2) is 20.2 Å². The van der Waals surface area contributed by atoms with Gasteiger partial charge in [0.15, 0.2) is 0 Å². The van der Waals surface area contributed by atoms with E-state index in [0.717, 1.165) is 0 Å². The summed E-state index contributed by atoms with van der Waals surface area (Å²) in [6.07, 6.45) is 0. The molecule has 0 aliphatic heterocycles. The van der Waals surface area contributed by atoms with E-state index in [1.807, 2.05) is 0 Å². The molecule has 0 radical (unpaired) electrons. The minimum atomic E-state index is -0.552. The van der Waals surface area contributed by atoms with Gasteiger partial charge in [0.25, 0.3) is 0 Å². The fourth-order valence-corrected chi connectivity index (χ4v) is 1.92. The predicted octanol–water partition coefficient (Wildman–Crippen LogP) is 3.45. The smallest absolute Gasteiger partial charge is 0.374 e. The molecule has 0 atom stereocenters. The summed E-state index contributed by atoms with van der Waals surface area (Å²) in [7, 11) is 3.10. The van der Waals surface area contributed by atoms with Gasteiger partial charge in [-0.25, -0.2) is 4.79 Å². The van der Waals surface area contributed by atoms with Crippen LogP contribution >= 0.6 is 11.6 Å². The Balaban J connectivity index is 1.97. The Kier molecular flexibility index (Phi) is 5.25. The van der Waals surface area contributed by atoms with Crippen molar-refractivity contribution in [3.63, 3.8) is 0 Å². The van der Waals surface area contributed by atoms with Crippen molar-refractivity contribution >= 4 is 17.6 Å². The second-order valence-corrected chi connectivity index (χ2v) is 4.64. The van der Waals surface area contributed by atoms with Gasteiger partial charge in [0.1, 0.15) is 24.7 Å². The summed E-state index contributed by atoms with van der Waals surface area (Å²) in [6.45, 7) is 0.361. The summed E-state index contributed by atoms with van der Waals surface area (Å²) in [5, 5.41) is 0.474. The van der Waals surface area contributed by atoms with Crippen LogP contribution in [0.1, 0.15) is 21.9 Å². The molecule has 0 N–H and O–H groups in total. The minimum absolute atomic E-state index is 0.0575. The molecule has 0 aliphatic carbocycles. The highest BCUT2D eigenvalue weighted by molar-refractivity contribution is 6.31. The number of hydrogen-bond donors (Lipinski definition) is 0. The van der Waals surface area contributed by atoms with Gasteiger partial charge in [-0.3, -0.25) is 0 Å². The Morgan fingerprint density at radius 3 is 2.67 bits per heavy atom. The molecule has 0 amide bonds. The van der Waals surface area contributed by atoms with E-state index in [-0.39, 0.29) is 12.4 Å². The fourth-order valence-electron chi connectivity index (χ4n) is 1.69. The average Bonchev–Trinajstić information content (AvgIpc) is 2.94. The van der Waals surface area contributed by atoms with E-state index in [0.29, 0.717) is 28.7 Å². The molecule has 2 rings (SSSR count). The van der Waals surface area contributed by atoms with Gasteiger partial charge >= 0.3 is 5.97 Å². The number of esters is 1. The van der Waals surface area contributed by atoms with Gasteiger partial charge in [-0.2, -0.15) is 0 Å². The predicted molar refractivity (Wildman–Crippen MR) is 76.5 cm³/mol. The van der Waals surface area contributed by atoms with Gasteiger partial charge in [0.05, 0.1) is 12.1 Å². The van der Waals surface area contributed by atoms with Gasteiger partial charge in [-0.05, 0) is 24.3 Å². The Hall–Kier alpha value is -1.98. The molecule has 0 fully saturated rings. The lowest BCUT2D eigenvalue weighted by molar-refractivity contribution is 0.0430. The molecule has 1 heterocycles. The monoisotopic (exact) mass is 310 g/mol. The van der Waals surface area contributed by atoms with E-state index in [1.54, 1.807) is 44.6 Å². The number of hydrogen-bond acceptors (Lipinski definition) is 5. The van der Waals surface area contributed by atoms with Crippen molar-refractivity contribution in [3.05, 3.63) is 52.4 Å². The van der Waals surface area contributed by atoms with Gasteiger partial charge in [0, 0.05) is 12.7 Å². The van der Waals surface area contributed by atoms with E-state index in [4.69, 9.17) is 30.2 Å². The molecule has 2 aromatic rings. The molecule has 1 aromatic carbocycles. The van der Waals surface area contributed by atoms with E-state index in [1.165, 1.54) is 0 Å². The lowest BCUT2D eigenvalue weighted by Gasteiger charge is -2.07. The number of carbonyl (C=O) groups excluding carboxylic acids is 1. The van der Waals surface area contributed by atoms with Crippen LogP contribution in [0.2, 0.25) is 5.02 Å². The van der Waals surface area contributed by atoms with Crippen LogP contribution in [0.15, 0.2) is 34.7 Å². The van der Waals surface area contributed by atoms with Crippen LogP contribution in [0.4, 0.5) is 0 Å². The maximum Gasteiger partial charge on any atom is 0.374 e. The van der Waals surface area contributed by atoms with Crippen molar-refractivity contribution in [2.24, 2.45) is 0 Å². The van der Waals surface area contributed by atoms with Crippen molar-refractivity contribution in [2.75, 3.05) is 14.2 Å². The van der Waals surface area contributed by atoms with Crippen molar-refractivity contribution in [2.45, 2.75) is 13.2 Å². The van der Waals surface area contributed by atoms with Gasteiger partial charge in [-0.1, -0.05) is 17.7 Å². The number of carbonyl (C=O) groups is 1. The second kappa shape index (κ2) is 7.15. The number of halogens is 1. The third kappa shape index (κ3) is 4.00. The third-order valence-electron chi connectivity index (χ3n) is 2.77. The first-order valence-electron chi connectivity index (χ1n) is 6.21. The molecule has 0 saturated carbocycles. The summed E-state index contributed by atoms with van der Waals surface area (Å²) in [6, 6.07) is 8.37. The van der Waals surface area contributed by atoms with E-state index < -0.39 is 5.97 Å². The highest BCUT2D eigenvalue weighted by atomic mass is 35.5. The lowest BCUT2D eigenvalue weighted by atomic mass is 10.2. The Morgan fingerprint density at radius 2 is 2.00 bits per heavy atom. The molecular weight excluding hydrogens is 296 g/mol. The van der Waals surface area contributed by atoms with Gasteiger partial charge in [-0.15, -0.1) is 0 Å². The SMILES string of the molecule is COCc1ccc(C(=O)OCc2ccc(OC)cc2Cl)o1. The summed E-state index contributed by atoms with van der Waals surface area (Å²) in [5.41, 5.74) is 0.689. The second-order valence-electron chi connectivity index (χ2n) is 4.23. The van der Waals surface area contributed by atoms with Crippen molar-refractivity contribution in [1.82, 2.24) is 0 Å². The molecule has 112 valence electrons. The minimum Gasteiger partial charge on any atom is -0.497 e. The Bertz CT molecular complexity index is 620. The molecule has 5 nitrogen and oxygen atoms in total. The first-order chi connectivity index (χ1) is 10.1. The summed E-state index contributed by atoms with van der Waals surface area (Å²) in [4.78, 5) is 11.8. The zero-order valence-corrected chi connectivity index (χ0v) is 12.5. The van der Waals surface area contributed by atoms with Crippen LogP contribution in [0.3, 0.4) is 0 Å². The molecule has 21 heavy (non-hydrogen) atoms. The molecule has 0 bridgehead atoms. The maximum absolute atomic E-state index is 11.8. The molecule has 6 heteroatoms. The summed E-state index contributed by atoms with van der Waals surface area (Å²) in [5.74, 6) is 0.785. The van der Waals surface area contributed by atoms with Crippen LogP contribution < -0.4 is 4.74 Å². The molecule has 1 aromatic heterocycles. The fraction of sp³-hybridized carbons (Fsp3) is 0.267. The Labute approximate surface area is 127 Å². The van der Waals surface area contributed by atoms with Crippen LogP contribution in [0, 0.1) is 0 Å². The third-order valence-corrected chi connectivity index (χ3v) is 3.12. The molecule has 0 spiro atoms. The molecule has 0 saturated heterocycles. The largest absolute Gasteiger partial charge is 0.497 e. The Morgan fingerprint density at radius 1 is 1.19 bits per heavy atom. The molecule has 0 aliphatic rings. The number of benzene rings is 1. The quantitative estimate of drug-likeness (QED) is 0.765. The number of ether oxygens (including phenoxy) is 3. The van der Waals surface area contributed by atoms with Crippen molar-refractivity contribution in [1.29, 1.82) is 0 Å². The van der Waals surface area contributed by atoms with Gasteiger partial charge in [0.2, 0.25) is 5.76 Å². The molecular formula is C15H15ClO5. The van der Waals surface area contributed by atoms with Crippen LogP contribution in [0.25, 0.3) is 0 Å². The zero-order valence-electron chi connectivity index (χ0n) is 11.7. The van der Waals surface area contributed by atoms with Crippen LogP contribution in [-0.2, 0) is 22.7 Å². The number of methoxy groups -OCH3 is 2. The first kappa shape index (κ1) is 15.4. The van der Waals surface area contributed by atoms with Crippen LogP contribution in [0.5, 0.6) is 5.75 Å². The molecule has 0 unspecified atom stereocenters. The number of furan rings is 1. The standard InChI is InChI=1S/C15H15ClO5/c1-18-9-12-5-6-14(21-12)15(17)20-8-10-3-4-11(19-2)7-13(10)16/h3-7H,8-9H2,1-2H3. The van der Waals surface area contributed by atoms with Crippen molar-refractivity contribution < 1.29 is 23.4 Å². The van der Waals surface area contributed by atoms with Crippen molar-refractivity contribution in [3.8, 4) is 5.75 Å². The van der Waals surface area contributed by atoms with E-state index >= 15 is 0 Å². The van der Waals surface area contributed by atoms with Gasteiger partial charge < -0.3 is 18.6 Å². The van der Waals surface area contributed by atoms with E-state index in [2.05, 4.69) is 0 Å².